The summed E-state index contributed by atoms with van der Waals surface area (Å²) in [6.45, 7) is 2.28. The Morgan fingerprint density at radius 3 is 2.48 bits per heavy atom. The van der Waals surface area contributed by atoms with Gasteiger partial charge in [0, 0.05) is 18.4 Å². The number of amides is 2. The summed E-state index contributed by atoms with van der Waals surface area (Å²) in [6.07, 6.45) is 3.92. The number of ether oxygens (including phenoxy) is 1. The lowest BCUT2D eigenvalue weighted by molar-refractivity contribution is -0.106. The van der Waals surface area contributed by atoms with E-state index in [1.807, 2.05) is 55.5 Å². The minimum Gasteiger partial charge on any atom is -0.419 e. The molecule has 1 saturated carbocycles. The van der Waals surface area contributed by atoms with Crippen LogP contribution in [0.2, 0.25) is 0 Å². The van der Waals surface area contributed by atoms with Crippen molar-refractivity contribution < 1.29 is 14.3 Å². The van der Waals surface area contributed by atoms with Crippen LogP contribution in [0.5, 0.6) is 0 Å². The van der Waals surface area contributed by atoms with Crippen LogP contribution in [-0.2, 0) is 11.3 Å². The second-order valence-corrected chi connectivity index (χ2v) is 7.40. The van der Waals surface area contributed by atoms with Gasteiger partial charge in [0.05, 0.1) is 6.54 Å². The van der Waals surface area contributed by atoms with Crippen LogP contribution in [0.1, 0.15) is 53.6 Å². The molecule has 0 bridgehead atoms. The molecule has 0 unspecified atom stereocenters. The van der Waals surface area contributed by atoms with E-state index >= 15 is 0 Å². The van der Waals surface area contributed by atoms with E-state index in [0.29, 0.717) is 24.9 Å². The smallest absolute Gasteiger partial charge is 0.419 e. The Morgan fingerprint density at radius 2 is 1.78 bits per heavy atom. The van der Waals surface area contributed by atoms with Gasteiger partial charge in [-0.15, -0.1) is 0 Å². The van der Waals surface area contributed by atoms with Crippen LogP contribution in [0, 0.1) is 6.92 Å². The Balaban J connectivity index is 1.72. The third kappa shape index (κ3) is 3.29. The first-order valence-corrected chi connectivity index (χ1v) is 9.55. The zero-order valence-electron chi connectivity index (χ0n) is 15.6. The third-order valence-electron chi connectivity index (χ3n) is 5.38. The van der Waals surface area contributed by atoms with E-state index in [1.54, 1.807) is 11.1 Å². The van der Waals surface area contributed by atoms with E-state index in [4.69, 9.17) is 4.74 Å². The van der Waals surface area contributed by atoms with Gasteiger partial charge < -0.3 is 4.74 Å². The van der Waals surface area contributed by atoms with Gasteiger partial charge in [0.1, 0.15) is 0 Å². The minimum absolute atomic E-state index is 0.178. The fraction of sp³-hybridized carbons (Fsp3) is 0.364. The standard InChI is InChI=1S/C22H24N2O3/c1-17-9-8-12-19(15-17)20(25)24-22(13-6-3-7-14-22)27-21(26)23(24)16-18-10-4-2-5-11-18/h2,4-5,8-12,15H,3,6-7,13-14,16H2,1H3. The molecule has 2 aromatic rings. The summed E-state index contributed by atoms with van der Waals surface area (Å²) in [7, 11) is 0. The minimum atomic E-state index is -0.856. The quantitative estimate of drug-likeness (QED) is 0.795. The summed E-state index contributed by atoms with van der Waals surface area (Å²) in [5, 5.41) is 3.07. The Hall–Kier alpha value is -2.82. The maximum Gasteiger partial charge on any atom is 0.431 e. The van der Waals surface area contributed by atoms with Crippen molar-refractivity contribution in [2.75, 3.05) is 0 Å². The SMILES string of the molecule is Cc1cccc(C(=O)N2N(Cc3ccccc3)C(=O)OC23CCCCC3)c1. The van der Waals surface area contributed by atoms with Gasteiger partial charge in [0.2, 0.25) is 5.72 Å². The van der Waals surface area contributed by atoms with Gasteiger partial charge in [-0.25, -0.2) is 14.8 Å². The molecule has 2 amide bonds. The van der Waals surface area contributed by atoms with E-state index in [2.05, 4.69) is 0 Å². The van der Waals surface area contributed by atoms with Gasteiger partial charge in [-0.1, -0.05) is 54.4 Å². The zero-order chi connectivity index (χ0) is 18.9. The molecule has 1 spiro atoms. The highest BCUT2D eigenvalue weighted by molar-refractivity contribution is 5.96. The van der Waals surface area contributed by atoms with Gasteiger partial charge >= 0.3 is 6.09 Å². The van der Waals surface area contributed by atoms with Crippen molar-refractivity contribution in [1.82, 2.24) is 10.0 Å². The number of aryl methyl sites for hydroxylation is 1. The molecular weight excluding hydrogens is 340 g/mol. The number of hydrogen-bond acceptors (Lipinski definition) is 3. The molecule has 5 nitrogen and oxygen atoms in total. The highest BCUT2D eigenvalue weighted by Crippen LogP contribution is 2.42. The number of hydrogen-bond donors (Lipinski definition) is 0. The van der Waals surface area contributed by atoms with Gasteiger partial charge in [-0.05, 0) is 37.5 Å². The first kappa shape index (κ1) is 17.6. The van der Waals surface area contributed by atoms with Crippen LogP contribution < -0.4 is 0 Å². The Kier molecular flexibility index (Phi) is 4.60. The topological polar surface area (TPSA) is 49.9 Å². The highest BCUT2D eigenvalue weighted by Gasteiger charge is 2.55. The van der Waals surface area contributed by atoms with E-state index in [0.717, 1.165) is 30.4 Å². The second-order valence-electron chi connectivity index (χ2n) is 7.40. The van der Waals surface area contributed by atoms with Crippen molar-refractivity contribution >= 4 is 12.0 Å². The molecule has 1 saturated heterocycles. The van der Waals surface area contributed by atoms with Crippen molar-refractivity contribution in [2.24, 2.45) is 0 Å². The van der Waals surface area contributed by atoms with E-state index in [9.17, 15) is 9.59 Å². The average Bonchev–Trinajstić information content (AvgIpc) is 2.93. The molecule has 1 aliphatic carbocycles. The summed E-state index contributed by atoms with van der Waals surface area (Å²) in [4.78, 5) is 26.2. The van der Waals surface area contributed by atoms with E-state index < -0.39 is 11.8 Å². The van der Waals surface area contributed by atoms with Crippen molar-refractivity contribution in [3.8, 4) is 0 Å². The second kappa shape index (κ2) is 7.06. The van der Waals surface area contributed by atoms with Crippen molar-refractivity contribution in [2.45, 2.75) is 51.3 Å². The van der Waals surface area contributed by atoms with E-state index in [1.165, 1.54) is 5.01 Å². The number of benzene rings is 2. The Labute approximate surface area is 159 Å². The number of carbonyl (C=O) groups is 2. The van der Waals surface area contributed by atoms with Gasteiger partial charge in [0.15, 0.2) is 0 Å². The molecule has 2 aliphatic rings. The van der Waals surface area contributed by atoms with Crippen molar-refractivity contribution in [3.63, 3.8) is 0 Å². The van der Waals surface area contributed by atoms with Crippen molar-refractivity contribution in [3.05, 3.63) is 71.3 Å². The number of carbonyl (C=O) groups excluding carboxylic acids is 2. The molecule has 1 aliphatic heterocycles. The Bertz CT molecular complexity index is 844. The zero-order valence-corrected chi connectivity index (χ0v) is 15.6. The van der Waals surface area contributed by atoms with Gasteiger partial charge in [-0.2, -0.15) is 0 Å². The average molecular weight is 364 g/mol. The van der Waals surface area contributed by atoms with Crippen LogP contribution in [0.4, 0.5) is 4.79 Å². The molecule has 27 heavy (non-hydrogen) atoms. The maximum absolute atomic E-state index is 13.5. The monoisotopic (exact) mass is 364 g/mol. The summed E-state index contributed by atoms with van der Waals surface area (Å²) >= 11 is 0. The third-order valence-corrected chi connectivity index (χ3v) is 5.38. The van der Waals surface area contributed by atoms with Gasteiger partial charge in [0.25, 0.3) is 5.91 Å². The molecule has 2 fully saturated rings. The first-order valence-electron chi connectivity index (χ1n) is 9.55. The largest absolute Gasteiger partial charge is 0.431 e. The molecular formula is C22H24N2O3. The molecule has 4 rings (SSSR count). The lowest BCUT2D eigenvalue weighted by Gasteiger charge is -2.40. The van der Waals surface area contributed by atoms with E-state index in [-0.39, 0.29) is 5.91 Å². The summed E-state index contributed by atoms with van der Waals surface area (Å²) < 4.78 is 5.85. The lowest BCUT2D eigenvalue weighted by Crippen LogP contribution is -2.54. The molecule has 0 N–H and O–H groups in total. The number of hydrazine groups is 1. The summed E-state index contributed by atoms with van der Waals surface area (Å²) in [5.74, 6) is -0.178. The molecule has 0 atom stereocenters. The summed E-state index contributed by atoms with van der Waals surface area (Å²) in [5.41, 5.74) is 1.70. The fourth-order valence-electron chi connectivity index (χ4n) is 4.06. The van der Waals surface area contributed by atoms with Crippen LogP contribution in [-0.4, -0.2) is 27.7 Å². The van der Waals surface area contributed by atoms with Crippen LogP contribution in [0.15, 0.2) is 54.6 Å². The molecule has 2 aromatic carbocycles. The molecule has 5 heteroatoms. The first-order chi connectivity index (χ1) is 13.1. The highest BCUT2D eigenvalue weighted by atomic mass is 16.6. The normalized spacial score (nSPS) is 18.6. The molecule has 0 radical (unpaired) electrons. The molecule has 0 aromatic heterocycles. The van der Waals surface area contributed by atoms with Crippen molar-refractivity contribution in [1.29, 1.82) is 0 Å². The number of nitrogens with zero attached hydrogens (tertiary/aromatic N) is 2. The maximum atomic E-state index is 13.5. The Morgan fingerprint density at radius 1 is 1.04 bits per heavy atom. The van der Waals surface area contributed by atoms with Gasteiger partial charge in [-0.3, -0.25) is 4.79 Å². The lowest BCUT2D eigenvalue weighted by atomic mass is 9.90. The van der Waals surface area contributed by atoms with Crippen LogP contribution >= 0.6 is 0 Å². The molecule has 140 valence electrons. The summed E-state index contributed by atoms with van der Waals surface area (Å²) in [6, 6.07) is 17.2. The predicted octanol–water partition coefficient (Wildman–Crippen LogP) is 4.67. The van der Waals surface area contributed by atoms with Crippen LogP contribution in [0.25, 0.3) is 0 Å². The molecule has 1 heterocycles. The predicted molar refractivity (Wildman–Crippen MR) is 102 cm³/mol. The van der Waals surface area contributed by atoms with Crippen LogP contribution in [0.3, 0.4) is 0 Å². The number of rotatable bonds is 3. The fourth-order valence-corrected chi connectivity index (χ4v) is 4.06.